The fourth-order valence-corrected chi connectivity index (χ4v) is 2.44. The number of carbonyl (C=O) groups excluding carboxylic acids is 1. The van der Waals surface area contributed by atoms with Gasteiger partial charge < -0.3 is 9.53 Å². The van der Waals surface area contributed by atoms with Crippen molar-refractivity contribution in [1.29, 1.82) is 0 Å². The van der Waals surface area contributed by atoms with Crippen LogP contribution in [0, 0.1) is 17.3 Å². The highest BCUT2D eigenvalue weighted by Gasteiger charge is 2.48. The van der Waals surface area contributed by atoms with Crippen molar-refractivity contribution in [2.45, 2.75) is 59.3 Å². The second-order valence-corrected chi connectivity index (χ2v) is 5.99. The van der Waals surface area contributed by atoms with Crippen LogP contribution >= 0.6 is 0 Å². The van der Waals surface area contributed by atoms with E-state index in [9.17, 15) is 4.79 Å². The standard InChI is InChI=1S/C15H28O2/c1-4-5-9-17-12-14-10-15(14,3)8-6-7-13(2)11-16/h11,13-14H,4-10,12H2,1-3H3/t13-,14?,15-/m0/s1. The average molecular weight is 240 g/mol. The van der Waals surface area contributed by atoms with Crippen molar-refractivity contribution < 1.29 is 9.53 Å². The molecular formula is C15H28O2. The monoisotopic (exact) mass is 240 g/mol. The van der Waals surface area contributed by atoms with E-state index in [0.29, 0.717) is 5.41 Å². The molecule has 0 bridgehead atoms. The molecular weight excluding hydrogens is 212 g/mol. The van der Waals surface area contributed by atoms with E-state index in [1.54, 1.807) is 0 Å². The Morgan fingerprint density at radius 1 is 1.47 bits per heavy atom. The van der Waals surface area contributed by atoms with Crippen LogP contribution in [0.3, 0.4) is 0 Å². The van der Waals surface area contributed by atoms with Gasteiger partial charge in [0.05, 0.1) is 0 Å². The Kier molecular flexibility index (Phi) is 6.18. The first-order valence-electron chi connectivity index (χ1n) is 7.15. The summed E-state index contributed by atoms with van der Waals surface area (Å²) in [6, 6.07) is 0. The van der Waals surface area contributed by atoms with E-state index < -0.39 is 0 Å². The van der Waals surface area contributed by atoms with Crippen molar-refractivity contribution in [2.24, 2.45) is 17.3 Å². The zero-order valence-corrected chi connectivity index (χ0v) is 11.7. The lowest BCUT2D eigenvalue weighted by Gasteiger charge is -2.12. The van der Waals surface area contributed by atoms with E-state index in [4.69, 9.17) is 4.74 Å². The topological polar surface area (TPSA) is 26.3 Å². The molecule has 0 amide bonds. The molecule has 0 aromatic carbocycles. The molecule has 0 aliphatic heterocycles. The highest BCUT2D eigenvalue weighted by molar-refractivity contribution is 5.52. The van der Waals surface area contributed by atoms with Gasteiger partial charge in [0.2, 0.25) is 0 Å². The van der Waals surface area contributed by atoms with E-state index in [1.807, 2.05) is 6.92 Å². The molecule has 100 valence electrons. The van der Waals surface area contributed by atoms with Crippen molar-refractivity contribution in [2.75, 3.05) is 13.2 Å². The molecule has 1 aliphatic carbocycles. The Hall–Kier alpha value is -0.370. The molecule has 0 radical (unpaired) electrons. The second-order valence-electron chi connectivity index (χ2n) is 5.99. The molecule has 0 N–H and O–H groups in total. The van der Waals surface area contributed by atoms with Gasteiger partial charge in [-0.25, -0.2) is 0 Å². The average Bonchev–Trinajstić information content (AvgIpc) is 2.95. The van der Waals surface area contributed by atoms with Gasteiger partial charge in [-0.05, 0) is 37.0 Å². The second kappa shape index (κ2) is 7.15. The maximum absolute atomic E-state index is 10.5. The predicted octanol–water partition coefficient (Wildman–Crippen LogP) is 3.83. The Labute approximate surface area is 106 Å². The van der Waals surface area contributed by atoms with Crippen LogP contribution in [-0.4, -0.2) is 19.5 Å². The number of unbranched alkanes of at least 4 members (excludes halogenated alkanes) is 1. The first kappa shape index (κ1) is 14.7. The van der Waals surface area contributed by atoms with Crippen LogP contribution in [0.15, 0.2) is 0 Å². The highest BCUT2D eigenvalue weighted by atomic mass is 16.5. The quantitative estimate of drug-likeness (QED) is 0.428. The van der Waals surface area contributed by atoms with Crippen LogP contribution in [0.2, 0.25) is 0 Å². The maximum atomic E-state index is 10.5. The van der Waals surface area contributed by atoms with Gasteiger partial charge >= 0.3 is 0 Å². The summed E-state index contributed by atoms with van der Waals surface area (Å²) in [5, 5.41) is 0. The van der Waals surface area contributed by atoms with Crippen molar-refractivity contribution in [3.05, 3.63) is 0 Å². The molecule has 0 aromatic rings. The molecule has 2 heteroatoms. The Bertz CT molecular complexity index is 227. The molecule has 1 fully saturated rings. The summed E-state index contributed by atoms with van der Waals surface area (Å²) >= 11 is 0. The minimum atomic E-state index is 0.233. The van der Waals surface area contributed by atoms with Gasteiger partial charge in [-0.1, -0.05) is 33.6 Å². The number of hydrogen-bond donors (Lipinski definition) is 0. The third-order valence-electron chi connectivity index (χ3n) is 4.14. The summed E-state index contributed by atoms with van der Waals surface area (Å²) in [5.74, 6) is 1.00. The molecule has 2 nitrogen and oxygen atoms in total. The first-order valence-corrected chi connectivity index (χ1v) is 7.15. The van der Waals surface area contributed by atoms with Gasteiger partial charge in [-0.15, -0.1) is 0 Å². The summed E-state index contributed by atoms with van der Waals surface area (Å²) < 4.78 is 5.69. The summed E-state index contributed by atoms with van der Waals surface area (Å²) in [6.07, 6.45) is 8.26. The number of hydrogen-bond acceptors (Lipinski definition) is 2. The van der Waals surface area contributed by atoms with Gasteiger partial charge in [0.15, 0.2) is 0 Å². The molecule has 0 aromatic heterocycles. The van der Waals surface area contributed by atoms with Gasteiger partial charge in [0, 0.05) is 19.1 Å². The Morgan fingerprint density at radius 2 is 2.24 bits per heavy atom. The molecule has 1 aliphatic rings. The van der Waals surface area contributed by atoms with Crippen LogP contribution in [0.5, 0.6) is 0 Å². The number of carbonyl (C=O) groups is 1. The third-order valence-corrected chi connectivity index (χ3v) is 4.14. The third kappa shape index (κ3) is 5.20. The summed E-state index contributed by atoms with van der Waals surface area (Å²) in [7, 11) is 0. The molecule has 3 atom stereocenters. The van der Waals surface area contributed by atoms with Crippen LogP contribution < -0.4 is 0 Å². The Morgan fingerprint density at radius 3 is 2.88 bits per heavy atom. The van der Waals surface area contributed by atoms with Crippen molar-refractivity contribution in [1.82, 2.24) is 0 Å². The lowest BCUT2D eigenvalue weighted by molar-refractivity contribution is -0.110. The van der Waals surface area contributed by atoms with Crippen LogP contribution in [0.1, 0.15) is 59.3 Å². The summed E-state index contributed by atoms with van der Waals surface area (Å²) in [6.45, 7) is 8.43. The summed E-state index contributed by atoms with van der Waals surface area (Å²) in [4.78, 5) is 10.5. The molecule has 1 saturated carbocycles. The van der Waals surface area contributed by atoms with E-state index >= 15 is 0 Å². The molecule has 0 saturated heterocycles. The van der Waals surface area contributed by atoms with Crippen molar-refractivity contribution in [3.8, 4) is 0 Å². The van der Waals surface area contributed by atoms with E-state index in [1.165, 1.54) is 32.1 Å². The molecule has 0 spiro atoms. The minimum Gasteiger partial charge on any atom is -0.381 e. The van der Waals surface area contributed by atoms with Gasteiger partial charge in [0.1, 0.15) is 6.29 Å². The van der Waals surface area contributed by atoms with Gasteiger partial charge in [-0.2, -0.15) is 0 Å². The molecule has 1 unspecified atom stereocenters. The van der Waals surface area contributed by atoms with Crippen molar-refractivity contribution >= 4 is 6.29 Å². The van der Waals surface area contributed by atoms with Crippen LogP contribution in [0.4, 0.5) is 0 Å². The maximum Gasteiger partial charge on any atom is 0.122 e. The van der Waals surface area contributed by atoms with E-state index in [-0.39, 0.29) is 5.92 Å². The fourth-order valence-electron chi connectivity index (χ4n) is 2.44. The molecule has 17 heavy (non-hydrogen) atoms. The summed E-state index contributed by atoms with van der Waals surface area (Å²) in [5.41, 5.74) is 0.509. The highest BCUT2D eigenvalue weighted by Crippen LogP contribution is 2.55. The largest absolute Gasteiger partial charge is 0.381 e. The lowest BCUT2D eigenvalue weighted by atomic mass is 9.95. The van der Waals surface area contributed by atoms with Crippen molar-refractivity contribution in [3.63, 3.8) is 0 Å². The molecule has 0 heterocycles. The van der Waals surface area contributed by atoms with Gasteiger partial charge in [0.25, 0.3) is 0 Å². The zero-order valence-electron chi connectivity index (χ0n) is 11.7. The number of ether oxygens (including phenoxy) is 1. The van der Waals surface area contributed by atoms with Crippen LogP contribution in [-0.2, 0) is 9.53 Å². The van der Waals surface area contributed by atoms with Gasteiger partial charge in [-0.3, -0.25) is 0 Å². The van der Waals surface area contributed by atoms with E-state index in [2.05, 4.69) is 13.8 Å². The first-order chi connectivity index (χ1) is 8.12. The minimum absolute atomic E-state index is 0.233. The fraction of sp³-hybridized carbons (Fsp3) is 0.933. The SMILES string of the molecule is CCCCOCC1C[C@]1(C)CCC[C@H](C)C=O. The molecule has 1 rings (SSSR count). The lowest BCUT2D eigenvalue weighted by Crippen LogP contribution is -2.06. The number of aldehydes is 1. The number of rotatable bonds is 10. The smallest absolute Gasteiger partial charge is 0.122 e. The predicted molar refractivity (Wildman–Crippen MR) is 71.0 cm³/mol. The van der Waals surface area contributed by atoms with E-state index in [0.717, 1.165) is 31.8 Å². The van der Waals surface area contributed by atoms with Crippen LogP contribution in [0.25, 0.3) is 0 Å². The Balaban J connectivity index is 2.04. The normalized spacial score (nSPS) is 29.0. The zero-order chi connectivity index (χ0) is 12.7.